The molecule has 0 spiro atoms. The molecule has 3 aromatic rings. The molecule has 0 aliphatic rings. The van der Waals surface area contributed by atoms with Crippen molar-refractivity contribution in [3.63, 3.8) is 0 Å². The molecule has 22 heavy (non-hydrogen) atoms. The van der Waals surface area contributed by atoms with Gasteiger partial charge in [0, 0.05) is 30.6 Å². The molecule has 0 radical (unpaired) electrons. The van der Waals surface area contributed by atoms with Gasteiger partial charge in [0.15, 0.2) is 0 Å². The van der Waals surface area contributed by atoms with Crippen LogP contribution < -0.4 is 5.32 Å². The van der Waals surface area contributed by atoms with E-state index in [-0.39, 0.29) is 5.91 Å². The average Bonchev–Trinajstić information content (AvgIpc) is 3.24. The Kier molecular flexibility index (Phi) is 4.15. The van der Waals surface area contributed by atoms with Gasteiger partial charge < -0.3 is 14.2 Å². The molecular formula is C17H14N2O3. The number of carbonyl (C=O) groups excluding carboxylic acids is 1. The molecule has 0 aliphatic carbocycles. The first-order valence-corrected chi connectivity index (χ1v) is 6.78. The van der Waals surface area contributed by atoms with Crippen LogP contribution in [-0.2, 0) is 11.3 Å². The van der Waals surface area contributed by atoms with E-state index >= 15 is 0 Å². The summed E-state index contributed by atoms with van der Waals surface area (Å²) in [4.78, 5) is 15.9. The molecule has 0 unspecified atom stereocenters. The smallest absolute Gasteiger partial charge is 0.244 e. The molecular weight excluding hydrogens is 280 g/mol. The fourth-order valence-corrected chi connectivity index (χ4v) is 1.95. The monoisotopic (exact) mass is 294 g/mol. The van der Waals surface area contributed by atoms with E-state index < -0.39 is 0 Å². The minimum atomic E-state index is -0.195. The van der Waals surface area contributed by atoms with Gasteiger partial charge in [-0.3, -0.25) is 9.78 Å². The number of aromatic nitrogens is 1. The van der Waals surface area contributed by atoms with Crippen molar-refractivity contribution in [2.24, 2.45) is 0 Å². The standard InChI is InChI=1S/C17H14N2O3/c20-17(6-5-15-3-1-7-21-15)19-11-13-9-14(12-18-10-13)16-4-2-8-22-16/h1-10,12H,11H2,(H,19,20)/b6-5+. The van der Waals surface area contributed by atoms with Gasteiger partial charge in [-0.1, -0.05) is 0 Å². The van der Waals surface area contributed by atoms with Crippen molar-refractivity contribution in [1.29, 1.82) is 0 Å². The van der Waals surface area contributed by atoms with Gasteiger partial charge in [0.25, 0.3) is 0 Å². The second-order valence-corrected chi connectivity index (χ2v) is 4.63. The summed E-state index contributed by atoms with van der Waals surface area (Å²) in [5.74, 6) is 1.19. The maximum atomic E-state index is 11.7. The topological polar surface area (TPSA) is 68.3 Å². The predicted octanol–water partition coefficient (Wildman–Crippen LogP) is 3.26. The first-order valence-electron chi connectivity index (χ1n) is 6.78. The fraction of sp³-hybridized carbons (Fsp3) is 0.0588. The summed E-state index contributed by atoms with van der Waals surface area (Å²) in [5, 5.41) is 2.80. The number of hydrogen-bond acceptors (Lipinski definition) is 4. The molecule has 0 atom stereocenters. The molecule has 0 saturated carbocycles. The molecule has 3 rings (SSSR count). The first kappa shape index (κ1) is 13.9. The second-order valence-electron chi connectivity index (χ2n) is 4.63. The Morgan fingerprint density at radius 3 is 2.82 bits per heavy atom. The number of nitrogens with one attached hydrogen (secondary N) is 1. The minimum absolute atomic E-state index is 0.195. The average molecular weight is 294 g/mol. The SMILES string of the molecule is O=C(/C=C/c1ccco1)NCc1cncc(-c2ccco2)c1. The summed E-state index contributed by atoms with van der Waals surface area (Å²) < 4.78 is 10.4. The highest BCUT2D eigenvalue weighted by Gasteiger charge is 2.03. The van der Waals surface area contributed by atoms with Crippen LogP contribution in [0.5, 0.6) is 0 Å². The molecule has 1 N–H and O–H groups in total. The van der Waals surface area contributed by atoms with Gasteiger partial charge in [0.05, 0.1) is 12.5 Å². The highest BCUT2D eigenvalue weighted by atomic mass is 16.3. The van der Waals surface area contributed by atoms with Crippen molar-refractivity contribution < 1.29 is 13.6 Å². The largest absolute Gasteiger partial charge is 0.465 e. The Hall–Kier alpha value is -3.08. The summed E-state index contributed by atoms with van der Waals surface area (Å²) in [7, 11) is 0. The molecule has 0 aromatic carbocycles. The van der Waals surface area contributed by atoms with E-state index in [1.54, 1.807) is 43.1 Å². The van der Waals surface area contributed by atoms with Crippen molar-refractivity contribution in [2.75, 3.05) is 0 Å². The summed E-state index contributed by atoms with van der Waals surface area (Å²) in [6.45, 7) is 0.392. The third-order valence-corrected chi connectivity index (χ3v) is 3.01. The zero-order valence-electron chi connectivity index (χ0n) is 11.7. The van der Waals surface area contributed by atoms with Gasteiger partial charge in [0.1, 0.15) is 11.5 Å². The van der Waals surface area contributed by atoms with Gasteiger partial charge in [-0.15, -0.1) is 0 Å². The molecule has 5 heteroatoms. The number of rotatable bonds is 5. The maximum absolute atomic E-state index is 11.7. The van der Waals surface area contributed by atoms with Gasteiger partial charge >= 0.3 is 0 Å². The Balaban J connectivity index is 1.59. The lowest BCUT2D eigenvalue weighted by molar-refractivity contribution is -0.116. The summed E-state index contributed by atoms with van der Waals surface area (Å²) in [5.41, 5.74) is 1.77. The molecule has 5 nitrogen and oxygen atoms in total. The Labute approximate surface area is 127 Å². The highest BCUT2D eigenvalue weighted by molar-refractivity contribution is 5.91. The lowest BCUT2D eigenvalue weighted by Gasteiger charge is -2.04. The molecule has 0 fully saturated rings. The van der Waals surface area contributed by atoms with Crippen LogP contribution in [0, 0.1) is 0 Å². The summed E-state index contributed by atoms with van der Waals surface area (Å²) >= 11 is 0. The predicted molar refractivity (Wildman–Crippen MR) is 81.5 cm³/mol. The number of amides is 1. The van der Waals surface area contributed by atoms with Crippen molar-refractivity contribution in [3.05, 3.63) is 72.7 Å². The Morgan fingerprint density at radius 2 is 2.05 bits per heavy atom. The van der Waals surface area contributed by atoms with E-state index in [1.165, 1.54) is 6.08 Å². The van der Waals surface area contributed by atoms with Crippen LogP contribution in [0.15, 0.2) is 70.2 Å². The van der Waals surface area contributed by atoms with Gasteiger partial charge in [-0.25, -0.2) is 0 Å². The molecule has 0 aliphatic heterocycles. The molecule has 110 valence electrons. The summed E-state index contributed by atoms with van der Waals surface area (Å²) in [6.07, 6.45) is 9.66. The molecule has 3 aromatic heterocycles. The van der Waals surface area contributed by atoms with Crippen LogP contribution in [-0.4, -0.2) is 10.9 Å². The lowest BCUT2D eigenvalue weighted by atomic mass is 10.1. The van der Waals surface area contributed by atoms with Crippen LogP contribution in [0.1, 0.15) is 11.3 Å². The number of nitrogens with zero attached hydrogens (tertiary/aromatic N) is 1. The van der Waals surface area contributed by atoms with Crippen molar-refractivity contribution in [1.82, 2.24) is 10.3 Å². The Morgan fingerprint density at radius 1 is 1.18 bits per heavy atom. The van der Waals surface area contributed by atoms with Crippen LogP contribution in [0.25, 0.3) is 17.4 Å². The number of pyridine rings is 1. The van der Waals surface area contributed by atoms with Gasteiger partial charge in [0.2, 0.25) is 5.91 Å². The van der Waals surface area contributed by atoms with Gasteiger partial charge in [-0.05, 0) is 42.0 Å². The Bertz CT molecular complexity index is 759. The van der Waals surface area contributed by atoms with E-state index in [2.05, 4.69) is 10.3 Å². The van der Waals surface area contributed by atoms with E-state index in [0.29, 0.717) is 12.3 Å². The van der Waals surface area contributed by atoms with Crippen LogP contribution in [0.4, 0.5) is 0 Å². The van der Waals surface area contributed by atoms with Gasteiger partial charge in [-0.2, -0.15) is 0 Å². The minimum Gasteiger partial charge on any atom is -0.465 e. The van der Waals surface area contributed by atoms with Crippen molar-refractivity contribution in [3.8, 4) is 11.3 Å². The van der Waals surface area contributed by atoms with Crippen LogP contribution >= 0.6 is 0 Å². The number of furan rings is 2. The fourth-order valence-electron chi connectivity index (χ4n) is 1.95. The third kappa shape index (κ3) is 3.52. The number of carbonyl (C=O) groups is 1. The zero-order valence-corrected chi connectivity index (χ0v) is 11.7. The lowest BCUT2D eigenvalue weighted by Crippen LogP contribution is -2.20. The zero-order chi connectivity index (χ0) is 15.2. The van der Waals surface area contributed by atoms with E-state index in [9.17, 15) is 4.79 Å². The van der Waals surface area contributed by atoms with E-state index in [4.69, 9.17) is 8.83 Å². The van der Waals surface area contributed by atoms with Crippen molar-refractivity contribution >= 4 is 12.0 Å². The number of hydrogen-bond donors (Lipinski definition) is 1. The second kappa shape index (κ2) is 6.58. The molecule has 0 bridgehead atoms. The maximum Gasteiger partial charge on any atom is 0.244 e. The van der Waals surface area contributed by atoms with Crippen LogP contribution in [0.3, 0.4) is 0 Å². The highest BCUT2D eigenvalue weighted by Crippen LogP contribution is 2.19. The molecule has 3 heterocycles. The quantitative estimate of drug-likeness (QED) is 0.733. The van der Waals surface area contributed by atoms with Crippen molar-refractivity contribution in [2.45, 2.75) is 6.54 Å². The van der Waals surface area contributed by atoms with E-state index in [1.807, 2.05) is 18.2 Å². The van der Waals surface area contributed by atoms with E-state index in [0.717, 1.165) is 16.9 Å². The normalized spacial score (nSPS) is 10.9. The molecule has 0 saturated heterocycles. The third-order valence-electron chi connectivity index (χ3n) is 3.01. The van der Waals surface area contributed by atoms with Crippen LogP contribution in [0.2, 0.25) is 0 Å². The summed E-state index contributed by atoms with van der Waals surface area (Å²) in [6, 6.07) is 9.17. The molecule has 1 amide bonds. The first-order chi connectivity index (χ1) is 10.8.